The number of hydrogen-bond donors (Lipinski definition) is 1. The summed E-state index contributed by atoms with van der Waals surface area (Å²) in [6.45, 7) is 2.99. The number of carbonyl (C=O) groups excluding carboxylic acids is 1. The summed E-state index contributed by atoms with van der Waals surface area (Å²) in [5.41, 5.74) is 2.27. The molecule has 0 spiro atoms. The molecule has 0 atom stereocenters. The predicted octanol–water partition coefficient (Wildman–Crippen LogP) is 4.57. The zero-order valence-electron chi connectivity index (χ0n) is 15.5. The standard InChI is InChI=1S/C23H22N2O3/c26-23(19-10-4-7-13-22(19)28-18-8-2-1-3-9-18)24-20-11-5-6-12-21(20)25-14-16-27-17-15-25/h1-13H,14-17H2,(H,24,26). The molecular weight excluding hydrogens is 352 g/mol. The molecule has 3 aromatic carbocycles. The highest BCUT2D eigenvalue weighted by atomic mass is 16.5. The fourth-order valence-corrected chi connectivity index (χ4v) is 3.21. The molecule has 28 heavy (non-hydrogen) atoms. The van der Waals surface area contributed by atoms with Crippen molar-refractivity contribution in [3.63, 3.8) is 0 Å². The number of benzene rings is 3. The molecule has 142 valence electrons. The average molecular weight is 374 g/mol. The van der Waals surface area contributed by atoms with Crippen molar-refractivity contribution in [2.75, 3.05) is 36.5 Å². The third-order valence-corrected chi connectivity index (χ3v) is 4.61. The number of para-hydroxylation sites is 4. The lowest BCUT2D eigenvalue weighted by Crippen LogP contribution is -2.36. The van der Waals surface area contributed by atoms with Gasteiger partial charge < -0.3 is 19.7 Å². The first kappa shape index (κ1) is 18.1. The molecule has 0 bridgehead atoms. The van der Waals surface area contributed by atoms with Crippen LogP contribution in [0, 0.1) is 0 Å². The SMILES string of the molecule is O=C(Nc1ccccc1N1CCOCC1)c1ccccc1Oc1ccccc1. The second kappa shape index (κ2) is 8.59. The van der Waals surface area contributed by atoms with Gasteiger partial charge in [-0.25, -0.2) is 0 Å². The van der Waals surface area contributed by atoms with Gasteiger partial charge in [-0.15, -0.1) is 0 Å². The van der Waals surface area contributed by atoms with Crippen LogP contribution in [0.1, 0.15) is 10.4 Å². The first-order chi connectivity index (χ1) is 13.8. The summed E-state index contributed by atoms with van der Waals surface area (Å²) < 4.78 is 11.4. The number of nitrogens with one attached hydrogen (secondary N) is 1. The Hall–Kier alpha value is -3.31. The maximum atomic E-state index is 13.0. The molecule has 5 nitrogen and oxygen atoms in total. The van der Waals surface area contributed by atoms with E-state index in [1.54, 1.807) is 12.1 Å². The van der Waals surface area contributed by atoms with Crippen molar-refractivity contribution < 1.29 is 14.3 Å². The number of carbonyl (C=O) groups is 1. The van der Waals surface area contributed by atoms with Crippen LogP contribution < -0.4 is 15.0 Å². The summed E-state index contributed by atoms with van der Waals surface area (Å²) in [5.74, 6) is 1.01. The van der Waals surface area contributed by atoms with E-state index in [2.05, 4.69) is 10.2 Å². The van der Waals surface area contributed by atoms with Gasteiger partial charge in [0, 0.05) is 13.1 Å². The van der Waals surface area contributed by atoms with E-state index < -0.39 is 0 Å². The van der Waals surface area contributed by atoms with Crippen molar-refractivity contribution in [2.45, 2.75) is 0 Å². The highest BCUT2D eigenvalue weighted by Crippen LogP contribution is 2.29. The van der Waals surface area contributed by atoms with E-state index >= 15 is 0 Å². The molecule has 0 aromatic heterocycles. The van der Waals surface area contributed by atoms with E-state index in [-0.39, 0.29) is 5.91 Å². The molecule has 0 unspecified atom stereocenters. The van der Waals surface area contributed by atoms with Gasteiger partial charge in [0.1, 0.15) is 11.5 Å². The van der Waals surface area contributed by atoms with E-state index in [9.17, 15) is 4.79 Å². The highest BCUT2D eigenvalue weighted by Gasteiger charge is 2.18. The predicted molar refractivity (Wildman–Crippen MR) is 110 cm³/mol. The van der Waals surface area contributed by atoms with Crippen LogP contribution in [0.15, 0.2) is 78.9 Å². The largest absolute Gasteiger partial charge is 0.457 e. The smallest absolute Gasteiger partial charge is 0.259 e. The molecule has 3 aromatic rings. The van der Waals surface area contributed by atoms with Gasteiger partial charge in [-0.1, -0.05) is 42.5 Å². The summed E-state index contributed by atoms with van der Waals surface area (Å²) in [6.07, 6.45) is 0. The maximum absolute atomic E-state index is 13.0. The number of nitrogens with zero attached hydrogens (tertiary/aromatic N) is 1. The Morgan fingerprint density at radius 3 is 2.36 bits per heavy atom. The molecule has 0 aliphatic carbocycles. The molecule has 1 aliphatic rings. The lowest BCUT2D eigenvalue weighted by atomic mass is 10.1. The van der Waals surface area contributed by atoms with Crippen LogP contribution in [0.2, 0.25) is 0 Å². The number of rotatable bonds is 5. The van der Waals surface area contributed by atoms with Crippen LogP contribution in [0.4, 0.5) is 11.4 Å². The van der Waals surface area contributed by atoms with Crippen LogP contribution in [-0.4, -0.2) is 32.2 Å². The van der Waals surface area contributed by atoms with Gasteiger partial charge in [-0.2, -0.15) is 0 Å². The van der Waals surface area contributed by atoms with Gasteiger partial charge in [0.05, 0.1) is 30.2 Å². The molecular formula is C23H22N2O3. The van der Waals surface area contributed by atoms with E-state index in [0.717, 1.165) is 24.5 Å². The van der Waals surface area contributed by atoms with Gasteiger partial charge in [0.25, 0.3) is 5.91 Å². The molecule has 1 fully saturated rings. The monoisotopic (exact) mass is 374 g/mol. The summed E-state index contributed by atoms with van der Waals surface area (Å²) >= 11 is 0. The van der Waals surface area contributed by atoms with Crippen LogP contribution in [0.25, 0.3) is 0 Å². The molecule has 1 amide bonds. The Morgan fingerprint density at radius 1 is 0.857 bits per heavy atom. The third-order valence-electron chi connectivity index (χ3n) is 4.61. The number of morpholine rings is 1. The number of ether oxygens (including phenoxy) is 2. The quantitative estimate of drug-likeness (QED) is 0.711. The van der Waals surface area contributed by atoms with Crippen LogP contribution in [-0.2, 0) is 4.74 Å². The van der Waals surface area contributed by atoms with E-state index in [1.807, 2.05) is 66.7 Å². The number of anilines is 2. The molecule has 1 aliphatic heterocycles. The van der Waals surface area contributed by atoms with Gasteiger partial charge in [0.2, 0.25) is 0 Å². The normalized spacial score (nSPS) is 13.8. The lowest BCUT2D eigenvalue weighted by Gasteiger charge is -2.30. The fourth-order valence-electron chi connectivity index (χ4n) is 3.21. The van der Waals surface area contributed by atoms with Crippen LogP contribution >= 0.6 is 0 Å². The Morgan fingerprint density at radius 2 is 1.54 bits per heavy atom. The topological polar surface area (TPSA) is 50.8 Å². The van der Waals surface area contributed by atoms with Crippen LogP contribution in [0.3, 0.4) is 0 Å². The van der Waals surface area contributed by atoms with Crippen molar-refractivity contribution in [2.24, 2.45) is 0 Å². The zero-order valence-corrected chi connectivity index (χ0v) is 15.5. The van der Waals surface area contributed by atoms with Crippen molar-refractivity contribution in [1.82, 2.24) is 0 Å². The highest BCUT2D eigenvalue weighted by molar-refractivity contribution is 6.07. The Kier molecular flexibility index (Phi) is 5.54. The molecule has 1 N–H and O–H groups in total. The van der Waals surface area contributed by atoms with Gasteiger partial charge in [0.15, 0.2) is 0 Å². The average Bonchev–Trinajstić information content (AvgIpc) is 2.76. The second-order valence-corrected chi connectivity index (χ2v) is 6.48. The Labute approximate surface area is 164 Å². The maximum Gasteiger partial charge on any atom is 0.259 e. The summed E-state index contributed by atoms with van der Waals surface area (Å²) in [5, 5.41) is 3.05. The van der Waals surface area contributed by atoms with Gasteiger partial charge in [-0.05, 0) is 36.4 Å². The minimum absolute atomic E-state index is 0.202. The summed E-state index contributed by atoms with van der Waals surface area (Å²) in [7, 11) is 0. The van der Waals surface area contributed by atoms with Gasteiger partial charge >= 0.3 is 0 Å². The second-order valence-electron chi connectivity index (χ2n) is 6.48. The summed E-state index contributed by atoms with van der Waals surface area (Å²) in [6, 6.07) is 24.6. The minimum Gasteiger partial charge on any atom is -0.457 e. The fraction of sp³-hybridized carbons (Fsp3) is 0.174. The van der Waals surface area contributed by atoms with E-state index in [0.29, 0.717) is 30.3 Å². The molecule has 1 heterocycles. The molecule has 5 heteroatoms. The van der Waals surface area contributed by atoms with E-state index in [4.69, 9.17) is 9.47 Å². The Balaban J connectivity index is 1.57. The summed E-state index contributed by atoms with van der Waals surface area (Å²) in [4.78, 5) is 15.3. The molecule has 1 saturated heterocycles. The van der Waals surface area contributed by atoms with E-state index in [1.165, 1.54) is 0 Å². The third kappa shape index (κ3) is 4.15. The lowest BCUT2D eigenvalue weighted by molar-refractivity contribution is 0.102. The van der Waals surface area contributed by atoms with Crippen molar-refractivity contribution in [3.8, 4) is 11.5 Å². The van der Waals surface area contributed by atoms with Crippen molar-refractivity contribution >= 4 is 17.3 Å². The molecule has 4 rings (SSSR count). The molecule has 0 radical (unpaired) electrons. The minimum atomic E-state index is -0.202. The first-order valence-corrected chi connectivity index (χ1v) is 9.36. The van der Waals surface area contributed by atoms with Crippen molar-refractivity contribution in [3.05, 3.63) is 84.4 Å². The Bertz CT molecular complexity index is 937. The number of amides is 1. The van der Waals surface area contributed by atoms with Gasteiger partial charge in [-0.3, -0.25) is 4.79 Å². The van der Waals surface area contributed by atoms with Crippen LogP contribution in [0.5, 0.6) is 11.5 Å². The molecule has 0 saturated carbocycles. The van der Waals surface area contributed by atoms with Crippen molar-refractivity contribution in [1.29, 1.82) is 0 Å². The number of hydrogen-bond acceptors (Lipinski definition) is 4. The first-order valence-electron chi connectivity index (χ1n) is 9.36. The zero-order chi connectivity index (χ0) is 19.2.